The molecule has 2 aliphatic heterocycles. The molecular formula is C26H23Cl2NO5S. The molecular weight excluding hydrogens is 509 g/mol. The maximum absolute atomic E-state index is 13.6. The van der Waals surface area contributed by atoms with Crippen LogP contribution in [-0.4, -0.2) is 49.5 Å². The molecule has 2 heterocycles. The number of halogens is 2. The number of nitrogens with zero attached hydrogens (tertiary/aromatic N) is 1. The molecule has 3 aromatic carbocycles. The van der Waals surface area contributed by atoms with Crippen LogP contribution in [0.15, 0.2) is 66.7 Å². The highest BCUT2D eigenvalue weighted by Gasteiger charge is 2.39. The number of rotatable bonds is 5. The fourth-order valence-corrected chi connectivity index (χ4v) is 6.69. The summed E-state index contributed by atoms with van der Waals surface area (Å²) in [5.41, 5.74) is 2.63. The summed E-state index contributed by atoms with van der Waals surface area (Å²) in [6.07, 6.45) is -0.447. The lowest BCUT2D eigenvalue weighted by molar-refractivity contribution is -0.143. The van der Waals surface area contributed by atoms with E-state index in [4.69, 9.17) is 32.7 Å². The van der Waals surface area contributed by atoms with E-state index in [0.29, 0.717) is 28.0 Å². The van der Waals surface area contributed by atoms with Gasteiger partial charge in [-0.1, -0.05) is 65.7 Å². The van der Waals surface area contributed by atoms with Gasteiger partial charge in [-0.15, -0.1) is 0 Å². The van der Waals surface area contributed by atoms with Crippen LogP contribution in [-0.2, 0) is 21.2 Å². The second-order valence-corrected chi connectivity index (χ2v) is 11.8. The van der Waals surface area contributed by atoms with E-state index in [1.807, 2.05) is 42.5 Å². The average molecular weight is 532 g/mol. The van der Waals surface area contributed by atoms with Crippen LogP contribution in [0.25, 0.3) is 11.1 Å². The number of hydrogen-bond acceptors (Lipinski definition) is 5. The molecule has 0 spiro atoms. The SMILES string of the molecule is O=C(C1COc2ccccc2O1)N(Cc1ccc(-c2ccc(Cl)cc2Cl)cc1)C1CCS(=O)(=O)C1. The van der Waals surface area contributed by atoms with E-state index in [2.05, 4.69) is 0 Å². The summed E-state index contributed by atoms with van der Waals surface area (Å²) in [5, 5.41) is 1.11. The van der Waals surface area contributed by atoms with E-state index < -0.39 is 22.0 Å². The van der Waals surface area contributed by atoms with E-state index in [-0.39, 0.29) is 30.6 Å². The zero-order valence-electron chi connectivity index (χ0n) is 18.7. The van der Waals surface area contributed by atoms with Gasteiger partial charge in [0.25, 0.3) is 5.91 Å². The third kappa shape index (κ3) is 5.27. The maximum Gasteiger partial charge on any atom is 0.267 e. The molecule has 3 aromatic rings. The molecule has 1 saturated heterocycles. The summed E-state index contributed by atoms with van der Waals surface area (Å²) in [6.45, 7) is 0.328. The van der Waals surface area contributed by atoms with Crippen LogP contribution >= 0.6 is 23.2 Å². The highest BCUT2D eigenvalue weighted by molar-refractivity contribution is 7.91. The first-order chi connectivity index (χ1) is 16.8. The van der Waals surface area contributed by atoms with Crippen molar-refractivity contribution in [1.29, 1.82) is 0 Å². The zero-order valence-corrected chi connectivity index (χ0v) is 21.0. The monoisotopic (exact) mass is 531 g/mol. The van der Waals surface area contributed by atoms with Crippen LogP contribution in [0, 0.1) is 0 Å². The standard InChI is InChI=1S/C26H23Cl2NO5S/c27-19-9-10-21(22(28)13-19)18-7-5-17(6-8-18)14-29(20-11-12-35(31,32)16-20)26(30)25-15-33-23-3-1-2-4-24(23)34-25/h1-10,13,20,25H,11-12,14-16H2. The van der Waals surface area contributed by atoms with Crippen molar-refractivity contribution in [3.63, 3.8) is 0 Å². The number of amides is 1. The zero-order chi connectivity index (χ0) is 24.6. The third-order valence-electron chi connectivity index (χ3n) is 6.27. The molecule has 0 radical (unpaired) electrons. The Hall–Kier alpha value is -2.74. The molecule has 6 nitrogen and oxygen atoms in total. The summed E-state index contributed by atoms with van der Waals surface area (Å²) in [4.78, 5) is 15.2. The van der Waals surface area contributed by atoms with Gasteiger partial charge in [0.2, 0.25) is 6.10 Å². The molecule has 2 unspecified atom stereocenters. The Labute approximate surface area is 214 Å². The fourth-order valence-electron chi connectivity index (χ4n) is 4.44. The van der Waals surface area contributed by atoms with Crippen LogP contribution in [0.2, 0.25) is 10.0 Å². The van der Waals surface area contributed by atoms with Crippen molar-refractivity contribution in [2.45, 2.75) is 25.1 Å². The number of carbonyl (C=O) groups excluding carboxylic acids is 1. The van der Waals surface area contributed by atoms with E-state index in [1.54, 1.807) is 29.2 Å². The van der Waals surface area contributed by atoms with Gasteiger partial charge >= 0.3 is 0 Å². The first-order valence-electron chi connectivity index (χ1n) is 11.2. The molecule has 0 bridgehead atoms. The van der Waals surface area contributed by atoms with Gasteiger partial charge < -0.3 is 14.4 Å². The summed E-state index contributed by atoms with van der Waals surface area (Å²) in [7, 11) is -3.19. The Morgan fingerprint density at radius 1 is 1.00 bits per heavy atom. The van der Waals surface area contributed by atoms with E-state index in [1.165, 1.54) is 0 Å². The minimum atomic E-state index is -3.19. The number of fused-ring (bicyclic) bond motifs is 1. The lowest BCUT2D eigenvalue weighted by Gasteiger charge is -2.34. The van der Waals surface area contributed by atoms with Crippen LogP contribution in [0.4, 0.5) is 0 Å². The number of para-hydroxylation sites is 2. The highest BCUT2D eigenvalue weighted by atomic mass is 35.5. The summed E-state index contributed by atoms with van der Waals surface area (Å²) in [5.74, 6) is 0.816. The highest BCUT2D eigenvalue weighted by Crippen LogP contribution is 2.33. The van der Waals surface area contributed by atoms with E-state index >= 15 is 0 Å². The van der Waals surface area contributed by atoms with Crippen LogP contribution < -0.4 is 9.47 Å². The summed E-state index contributed by atoms with van der Waals surface area (Å²) in [6, 6.07) is 19.8. The first kappa shape index (κ1) is 24.0. The van der Waals surface area contributed by atoms with Crippen molar-refractivity contribution < 1.29 is 22.7 Å². The van der Waals surface area contributed by atoms with Gasteiger partial charge in [0.05, 0.1) is 11.5 Å². The number of sulfone groups is 1. The number of carbonyl (C=O) groups is 1. The van der Waals surface area contributed by atoms with Crippen LogP contribution in [0.1, 0.15) is 12.0 Å². The molecule has 182 valence electrons. The molecule has 0 aliphatic carbocycles. The summed E-state index contributed by atoms with van der Waals surface area (Å²) >= 11 is 12.4. The van der Waals surface area contributed by atoms with Gasteiger partial charge in [-0.05, 0) is 41.8 Å². The molecule has 0 aromatic heterocycles. The van der Waals surface area contributed by atoms with Gasteiger partial charge in [0, 0.05) is 28.2 Å². The van der Waals surface area contributed by atoms with Gasteiger partial charge in [0.1, 0.15) is 6.61 Å². The van der Waals surface area contributed by atoms with E-state index in [0.717, 1.165) is 16.7 Å². The van der Waals surface area contributed by atoms with Crippen molar-refractivity contribution >= 4 is 38.9 Å². The molecule has 9 heteroatoms. The quantitative estimate of drug-likeness (QED) is 0.462. The molecule has 5 rings (SSSR count). The predicted octanol–water partition coefficient (Wildman–Crippen LogP) is 5.02. The first-order valence-corrected chi connectivity index (χ1v) is 13.8. The fraction of sp³-hybridized carbons (Fsp3) is 0.269. The van der Waals surface area contributed by atoms with E-state index in [9.17, 15) is 13.2 Å². The smallest absolute Gasteiger partial charge is 0.267 e. The number of benzene rings is 3. The molecule has 0 N–H and O–H groups in total. The molecule has 0 saturated carbocycles. The third-order valence-corrected chi connectivity index (χ3v) is 8.56. The average Bonchev–Trinajstić information content (AvgIpc) is 3.21. The topological polar surface area (TPSA) is 72.9 Å². The lowest BCUT2D eigenvalue weighted by atomic mass is 10.0. The Morgan fingerprint density at radius 3 is 2.43 bits per heavy atom. The van der Waals surface area contributed by atoms with Crippen molar-refractivity contribution in [2.24, 2.45) is 0 Å². The van der Waals surface area contributed by atoms with Gasteiger partial charge in [0.15, 0.2) is 21.3 Å². The Kier molecular flexibility index (Phi) is 6.66. The Bertz CT molecular complexity index is 1360. The lowest BCUT2D eigenvalue weighted by Crippen LogP contribution is -2.50. The van der Waals surface area contributed by atoms with Crippen molar-refractivity contribution in [3.8, 4) is 22.6 Å². The van der Waals surface area contributed by atoms with Crippen LogP contribution in [0.3, 0.4) is 0 Å². The Balaban J connectivity index is 1.38. The molecule has 1 fully saturated rings. The van der Waals surface area contributed by atoms with Crippen molar-refractivity contribution in [2.75, 3.05) is 18.1 Å². The Morgan fingerprint density at radius 2 is 1.74 bits per heavy atom. The van der Waals surface area contributed by atoms with Crippen molar-refractivity contribution in [1.82, 2.24) is 4.90 Å². The molecule has 35 heavy (non-hydrogen) atoms. The normalized spacial score (nSPS) is 20.4. The van der Waals surface area contributed by atoms with Gasteiger partial charge in [-0.25, -0.2) is 8.42 Å². The van der Waals surface area contributed by atoms with Gasteiger partial charge in [-0.3, -0.25) is 4.79 Å². The van der Waals surface area contributed by atoms with Gasteiger partial charge in [-0.2, -0.15) is 0 Å². The summed E-state index contributed by atoms with van der Waals surface area (Å²) < 4.78 is 36.1. The predicted molar refractivity (Wildman–Crippen MR) is 136 cm³/mol. The van der Waals surface area contributed by atoms with Crippen molar-refractivity contribution in [3.05, 3.63) is 82.3 Å². The molecule has 2 atom stereocenters. The molecule has 1 amide bonds. The minimum absolute atomic E-state index is 0.0542. The second kappa shape index (κ2) is 9.72. The largest absolute Gasteiger partial charge is 0.485 e. The number of hydrogen-bond donors (Lipinski definition) is 0. The van der Waals surface area contributed by atoms with Crippen LogP contribution in [0.5, 0.6) is 11.5 Å². The number of ether oxygens (including phenoxy) is 2. The molecule has 2 aliphatic rings. The second-order valence-electron chi connectivity index (χ2n) is 8.71. The minimum Gasteiger partial charge on any atom is -0.485 e. The maximum atomic E-state index is 13.6.